The average Bonchev–Trinajstić information content (AvgIpc) is 2.94. The van der Waals surface area contributed by atoms with Crippen LogP contribution in [0.3, 0.4) is 0 Å². The minimum absolute atomic E-state index is 0.0384. The van der Waals surface area contributed by atoms with E-state index < -0.39 is 42.1 Å². The maximum absolute atomic E-state index is 12.3. The minimum Gasteiger partial charge on any atom is -0.454 e. The van der Waals surface area contributed by atoms with Crippen molar-refractivity contribution >= 4 is 18.2 Å². The molecule has 0 aromatic carbocycles. The van der Waals surface area contributed by atoms with E-state index in [1.165, 1.54) is 0 Å². The third-order valence-electron chi connectivity index (χ3n) is 5.11. The average molecular weight is 378 g/mol. The molecule has 0 spiro atoms. The molecule has 1 fully saturated rings. The zero-order chi connectivity index (χ0) is 20.1. The van der Waals surface area contributed by atoms with Crippen molar-refractivity contribution in [3.05, 3.63) is 35.5 Å². The van der Waals surface area contributed by atoms with Crippen molar-refractivity contribution in [3.63, 3.8) is 0 Å². The number of aliphatic hydroxyl groups excluding tert-OH is 2. The number of rotatable bonds is 5. The molecule has 0 saturated carbocycles. The van der Waals surface area contributed by atoms with Crippen molar-refractivity contribution < 1.29 is 34.1 Å². The molecular weight excluding hydrogens is 352 g/mol. The molecule has 1 aliphatic heterocycles. The van der Waals surface area contributed by atoms with Gasteiger partial charge in [-0.15, -0.1) is 0 Å². The van der Waals surface area contributed by atoms with E-state index in [0.717, 1.165) is 0 Å². The Bertz CT molecular complexity index is 676. The summed E-state index contributed by atoms with van der Waals surface area (Å²) < 4.78 is 10.7. The molecule has 148 valence electrons. The molecule has 2 N–H and O–H groups in total. The lowest BCUT2D eigenvalue weighted by atomic mass is 9.83. The number of aliphatic hydroxyl groups is 2. The fourth-order valence-electron chi connectivity index (χ4n) is 3.18. The number of hydrogen-bond acceptors (Lipinski definition) is 7. The number of carbonyl (C=O) groups excluding carboxylic acids is 3. The first-order chi connectivity index (χ1) is 12.8. The van der Waals surface area contributed by atoms with Crippen LogP contribution in [0.1, 0.15) is 33.1 Å². The molecule has 1 aliphatic carbocycles. The number of ether oxygens (including phenoxy) is 2. The first-order valence-corrected chi connectivity index (χ1v) is 9.08. The fraction of sp³-hybridized carbons (Fsp3) is 0.550. The standard InChI is InChI=1S/C20H26O7/c1-4-11(2)19(24)27-18-14(10-22)7-5-6-13(9-21)8-15-16(17(18)23)12(3)20(25)26-15/h7-8,10-11,15-18,21,23H,3-6,9H2,1-2H3/b13-8+,14-7-/t11?,15-,16+,17+,18+/m1/s1. The summed E-state index contributed by atoms with van der Waals surface area (Å²) in [5, 5.41) is 20.5. The highest BCUT2D eigenvalue weighted by molar-refractivity contribution is 5.91. The third kappa shape index (κ3) is 4.54. The van der Waals surface area contributed by atoms with Gasteiger partial charge in [0, 0.05) is 11.1 Å². The Balaban J connectivity index is 2.45. The molecular formula is C20H26O7. The second-order valence-corrected chi connectivity index (χ2v) is 6.92. The number of aldehydes is 1. The van der Waals surface area contributed by atoms with E-state index in [-0.39, 0.29) is 17.8 Å². The SMILES string of the molecule is C=C1C(=O)O[C@@H]2/C=C(/CO)CC/C=C(/C=O)[C@H](OC(=O)C(C)CC)[C@@H](O)[C@@H]12. The van der Waals surface area contributed by atoms with Crippen LogP contribution in [0.25, 0.3) is 0 Å². The molecule has 0 aromatic rings. The van der Waals surface area contributed by atoms with Crippen LogP contribution in [0.4, 0.5) is 0 Å². The Kier molecular flexibility index (Phi) is 7.10. The van der Waals surface area contributed by atoms with E-state index in [9.17, 15) is 24.6 Å². The number of esters is 2. The van der Waals surface area contributed by atoms with Gasteiger partial charge >= 0.3 is 11.9 Å². The second-order valence-electron chi connectivity index (χ2n) is 6.92. The quantitative estimate of drug-likeness (QED) is 0.320. The molecule has 0 radical (unpaired) electrons. The summed E-state index contributed by atoms with van der Waals surface area (Å²) in [7, 11) is 0. The van der Waals surface area contributed by atoms with Gasteiger partial charge in [0.15, 0.2) is 6.10 Å². The summed E-state index contributed by atoms with van der Waals surface area (Å²) in [6.45, 7) is 6.97. The van der Waals surface area contributed by atoms with Gasteiger partial charge in [-0.25, -0.2) is 4.79 Å². The van der Waals surface area contributed by atoms with Crippen molar-refractivity contribution in [1.82, 2.24) is 0 Å². The van der Waals surface area contributed by atoms with E-state index >= 15 is 0 Å². The van der Waals surface area contributed by atoms with E-state index in [2.05, 4.69) is 6.58 Å². The predicted molar refractivity (Wildman–Crippen MR) is 96.4 cm³/mol. The number of carbonyl (C=O) groups is 3. The van der Waals surface area contributed by atoms with E-state index in [4.69, 9.17) is 9.47 Å². The summed E-state index contributed by atoms with van der Waals surface area (Å²) in [5.74, 6) is -2.50. The summed E-state index contributed by atoms with van der Waals surface area (Å²) >= 11 is 0. The first kappa shape index (κ1) is 21.1. The lowest BCUT2D eigenvalue weighted by molar-refractivity contribution is -0.159. The maximum atomic E-state index is 12.3. The molecule has 1 unspecified atom stereocenters. The van der Waals surface area contributed by atoms with Gasteiger partial charge in [0.1, 0.15) is 18.5 Å². The molecule has 7 heteroatoms. The van der Waals surface area contributed by atoms with Crippen LogP contribution in [-0.4, -0.2) is 53.4 Å². The van der Waals surface area contributed by atoms with Gasteiger partial charge in [0.2, 0.25) is 0 Å². The Morgan fingerprint density at radius 1 is 1.52 bits per heavy atom. The van der Waals surface area contributed by atoms with Crippen LogP contribution in [0.5, 0.6) is 0 Å². The second kappa shape index (κ2) is 9.10. The van der Waals surface area contributed by atoms with Gasteiger partial charge < -0.3 is 19.7 Å². The number of fused-ring (bicyclic) bond motifs is 1. The zero-order valence-corrected chi connectivity index (χ0v) is 15.6. The predicted octanol–water partition coefficient (Wildman–Crippen LogP) is 1.24. The molecule has 1 saturated heterocycles. The molecule has 2 rings (SSSR count). The Hall–Kier alpha value is -2.25. The van der Waals surface area contributed by atoms with Crippen LogP contribution >= 0.6 is 0 Å². The van der Waals surface area contributed by atoms with E-state index in [0.29, 0.717) is 31.1 Å². The normalized spacial score (nSPS) is 33.6. The Morgan fingerprint density at radius 2 is 2.22 bits per heavy atom. The van der Waals surface area contributed by atoms with Crippen molar-refractivity contribution in [3.8, 4) is 0 Å². The molecule has 27 heavy (non-hydrogen) atoms. The van der Waals surface area contributed by atoms with Crippen LogP contribution in [0, 0.1) is 11.8 Å². The third-order valence-corrected chi connectivity index (χ3v) is 5.11. The Morgan fingerprint density at radius 3 is 2.81 bits per heavy atom. The molecule has 7 nitrogen and oxygen atoms in total. The zero-order valence-electron chi connectivity index (χ0n) is 15.6. The Labute approximate surface area is 158 Å². The van der Waals surface area contributed by atoms with Gasteiger partial charge in [-0.3, -0.25) is 9.59 Å². The van der Waals surface area contributed by atoms with Gasteiger partial charge in [0.05, 0.1) is 18.4 Å². The number of hydrogen-bond donors (Lipinski definition) is 2. The smallest absolute Gasteiger partial charge is 0.334 e. The summed E-state index contributed by atoms with van der Waals surface area (Å²) in [4.78, 5) is 35.9. The van der Waals surface area contributed by atoms with Crippen molar-refractivity contribution in [2.24, 2.45) is 11.8 Å². The molecule has 0 amide bonds. The fourth-order valence-corrected chi connectivity index (χ4v) is 3.18. The lowest BCUT2D eigenvalue weighted by Crippen LogP contribution is -2.43. The molecule has 0 aromatic heterocycles. The van der Waals surface area contributed by atoms with Gasteiger partial charge in [-0.1, -0.05) is 26.5 Å². The van der Waals surface area contributed by atoms with Gasteiger partial charge in [-0.2, -0.15) is 0 Å². The summed E-state index contributed by atoms with van der Waals surface area (Å²) in [5.41, 5.74) is 0.775. The van der Waals surface area contributed by atoms with E-state index in [1.54, 1.807) is 19.1 Å². The van der Waals surface area contributed by atoms with Crippen molar-refractivity contribution in [1.29, 1.82) is 0 Å². The molecule has 1 heterocycles. The van der Waals surface area contributed by atoms with Crippen LogP contribution < -0.4 is 0 Å². The largest absolute Gasteiger partial charge is 0.454 e. The highest BCUT2D eigenvalue weighted by Gasteiger charge is 2.47. The van der Waals surface area contributed by atoms with Gasteiger partial charge in [-0.05, 0) is 30.9 Å². The topological polar surface area (TPSA) is 110 Å². The van der Waals surface area contributed by atoms with Gasteiger partial charge in [0.25, 0.3) is 0 Å². The highest BCUT2D eigenvalue weighted by atomic mass is 16.6. The monoisotopic (exact) mass is 378 g/mol. The molecule has 0 bridgehead atoms. The van der Waals surface area contributed by atoms with Crippen LogP contribution in [-0.2, 0) is 23.9 Å². The molecule has 2 aliphatic rings. The minimum atomic E-state index is -1.40. The summed E-state index contributed by atoms with van der Waals surface area (Å²) in [6.07, 6.45) is 1.62. The van der Waals surface area contributed by atoms with Crippen molar-refractivity contribution in [2.75, 3.05) is 6.61 Å². The summed E-state index contributed by atoms with van der Waals surface area (Å²) in [6, 6.07) is 0. The van der Waals surface area contributed by atoms with Crippen molar-refractivity contribution in [2.45, 2.75) is 51.4 Å². The number of allylic oxidation sites excluding steroid dienone is 1. The first-order valence-electron chi connectivity index (χ1n) is 9.08. The molecule has 5 atom stereocenters. The van der Waals surface area contributed by atoms with Crippen LogP contribution in [0.15, 0.2) is 35.5 Å². The lowest BCUT2D eigenvalue weighted by Gasteiger charge is -2.30. The van der Waals surface area contributed by atoms with Crippen LogP contribution in [0.2, 0.25) is 0 Å². The van der Waals surface area contributed by atoms with E-state index in [1.807, 2.05) is 6.92 Å². The highest BCUT2D eigenvalue weighted by Crippen LogP contribution is 2.35. The maximum Gasteiger partial charge on any atom is 0.334 e.